The first-order valence-corrected chi connectivity index (χ1v) is 5.22. The van der Waals surface area contributed by atoms with E-state index in [0.717, 1.165) is 18.1 Å². The third-order valence-electron chi connectivity index (χ3n) is 1.83. The van der Waals surface area contributed by atoms with Gasteiger partial charge in [0, 0.05) is 24.0 Å². The lowest BCUT2D eigenvalue weighted by molar-refractivity contribution is -0.123. The Morgan fingerprint density at radius 2 is 2.36 bits per heavy atom. The smallest absolute Gasteiger partial charge is 0.153 e. The summed E-state index contributed by atoms with van der Waals surface area (Å²) in [4.78, 5) is 11.4. The first-order valence-electron chi connectivity index (χ1n) is 4.06. The average molecular weight is 173 g/mol. The Bertz CT molecular complexity index is 141. The number of nitrogens with one attached hydrogen (secondary N) is 1. The number of hydrogen-bond acceptors (Lipinski definition) is 3. The molecule has 0 aromatic carbocycles. The molecule has 0 amide bonds. The lowest BCUT2D eigenvalue weighted by Crippen LogP contribution is -2.45. The lowest BCUT2D eigenvalue weighted by Gasteiger charge is -2.23. The molecule has 1 saturated heterocycles. The first kappa shape index (κ1) is 9.07. The fourth-order valence-corrected chi connectivity index (χ4v) is 2.10. The highest BCUT2D eigenvalue weighted by Gasteiger charge is 2.22. The van der Waals surface area contributed by atoms with Gasteiger partial charge in [0.25, 0.3) is 0 Å². The zero-order valence-corrected chi connectivity index (χ0v) is 7.91. The van der Waals surface area contributed by atoms with Gasteiger partial charge in [-0.1, -0.05) is 13.8 Å². The molecule has 3 heteroatoms. The van der Waals surface area contributed by atoms with Gasteiger partial charge in [-0.2, -0.15) is 11.8 Å². The van der Waals surface area contributed by atoms with Crippen molar-refractivity contribution in [2.45, 2.75) is 19.9 Å². The molecule has 64 valence electrons. The molecule has 0 aromatic rings. The van der Waals surface area contributed by atoms with E-state index < -0.39 is 0 Å². The molecule has 0 saturated carbocycles. The molecular weight excluding hydrogens is 158 g/mol. The van der Waals surface area contributed by atoms with Crippen LogP contribution in [0.4, 0.5) is 0 Å². The maximum absolute atomic E-state index is 11.4. The number of carbonyl (C=O) groups excluding carboxylic acids is 1. The van der Waals surface area contributed by atoms with Gasteiger partial charge in [-0.3, -0.25) is 4.79 Å². The fraction of sp³-hybridized carbons (Fsp3) is 0.875. The highest BCUT2D eigenvalue weighted by Crippen LogP contribution is 2.11. The van der Waals surface area contributed by atoms with Crippen LogP contribution in [-0.4, -0.2) is 29.9 Å². The van der Waals surface area contributed by atoms with Crippen molar-refractivity contribution in [2.24, 2.45) is 5.92 Å². The number of Topliss-reactive ketones (excluding diaryl/α,β-unsaturated/α-hetero) is 1. The van der Waals surface area contributed by atoms with Gasteiger partial charge in [0.2, 0.25) is 0 Å². The molecule has 0 spiro atoms. The quantitative estimate of drug-likeness (QED) is 0.673. The molecule has 1 aliphatic heterocycles. The summed E-state index contributed by atoms with van der Waals surface area (Å²) in [5.41, 5.74) is 0. The molecule has 11 heavy (non-hydrogen) atoms. The number of rotatable bonds is 2. The van der Waals surface area contributed by atoms with Gasteiger partial charge in [-0.25, -0.2) is 0 Å². The topological polar surface area (TPSA) is 29.1 Å². The van der Waals surface area contributed by atoms with Crippen LogP contribution < -0.4 is 5.32 Å². The van der Waals surface area contributed by atoms with Crippen LogP contribution in [0.15, 0.2) is 0 Å². The SMILES string of the molecule is CC(C)C(=O)C1CSCCN1. The third-order valence-corrected chi connectivity index (χ3v) is 2.90. The fourth-order valence-electron chi connectivity index (χ4n) is 1.15. The van der Waals surface area contributed by atoms with Crippen LogP contribution >= 0.6 is 11.8 Å². The van der Waals surface area contributed by atoms with Gasteiger partial charge in [0.15, 0.2) is 5.78 Å². The second-order valence-electron chi connectivity index (χ2n) is 3.14. The molecular formula is C8H15NOS. The van der Waals surface area contributed by atoms with Crippen LogP contribution in [-0.2, 0) is 4.79 Å². The van der Waals surface area contributed by atoms with Crippen molar-refractivity contribution < 1.29 is 4.79 Å². The molecule has 0 aliphatic carbocycles. The predicted molar refractivity (Wildman–Crippen MR) is 49.0 cm³/mol. The van der Waals surface area contributed by atoms with Crippen molar-refractivity contribution in [1.82, 2.24) is 5.32 Å². The monoisotopic (exact) mass is 173 g/mol. The van der Waals surface area contributed by atoms with E-state index in [1.54, 1.807) is 0 Å². The van der Waals surface area contributed by atoms with Crippen molar-refractivity contribution in [3.63, 3.8) is 0 Å². The van der Waals surface area contributed by atoms with Crippen molar-refractivity contribution >= 4 is 17.5 Å². The zero-order chi connectivity index (χ0) is 8.27. The summed E-state index contributed by atoms with van der Waals surface area (Å²) in [5, 5.41) is 3.23. The molecule has 1 atom stereocenters. The summed E-state index contributed by atoms with van der Waals surface area (Å²) in [6.45, 7) is 4.90. The Morgan fingerprint density at radius 1 is 1.64 bits per heavy atom. The summed E-state index contributed by atoms with van der Waals surface area (Å²) in [6, 6.07) is 0.119. The Hall–Kier alpha value is -0.0200. The van der Waals surface area contributed by atoms with Gasteiger partial charge in [-0.05, 0) is 0 Å². The molecule has 0 radical (unpaired) electrons. The van der Waals surface area contributed by atoms with Crippen molar-refractivity contribution in [3.8, 4) is 0 Å². The third kappa shape index (κ3) is 2.49. The summed E-state index contributed by atoms with van der Waals surface area (Å²) in [5.74, 6) is 2.63. The van der Waals surface area contributed by atoms with Gasteiger partial charge < -0.3 is 5.32 Å². The number of thioether (sulfide) groups is 1. The highest BCUT2D eigenvalue weighted by molar-refractivity contribution is 7.99. The molecule has 1 N–H and O–H groups in total. The van der Waals surface area contributed by atoms with Crippen LogP contribution in [0.2, 0.25) is 0 Å². The van der Waals surface area contributed by atoms with Crippen LogP contribution in [0, 0.1) is 5.92 Å². The van der Waals surface area contributed by atoms with Gasteiger partial charge >= 0.3 is 0 Å². The van der Waals surface area contributed by atoms with Crippen molar-refractivity contribution in [2.75, 3.05) is 18.1 Å². The Kier molecular flexibility index (Phi) is 3.40. The first-order chi connectivity index (χ1) is 5.22. The molecule has 1 unspecified atom stereocenters. The normalized spacial score (nSPS) is 25.5. The van der Waals surface area contributed by atoms with Crippen LogP contribution in [0.25, 0.3) is 0 Å². The standard InChI is InChI=1S/C8H15NOS/c1-6(2)8(10)7-5-11-4-3-9-7/h6-7,9H,3-5H2,1-2H3. The van der Waals surface area contributed by atoms with E-state index in [1.165, 1.54) is 0 Å². The summed E-state index contributed by atoms with van der Waals surface area (Å²) < 4.78 is 0. The molecule has 2 nitrogen and oxygen atoms in total. The summed E-state index contributed by atoms with van der Waals surface area (Å²) in [7, 11) is 0. The summed E-state index contributed by atoms with van der Waals surface area (Å²) in [6.07, 6.45) is 0. The number of carbonyl (C=O) groups is 1. The van der Waals surface area contributed by atoms with Gasteiger partial charge in [0.1, 0.15) is 0 Å². The minimum absolute atomic E-state index is 0.119. The minimum Gasteiger partial charge on any atom is -0.306 e. The molecule has 0 bridgehead atoms. The van der Waals surface area contributed by atoms with E-state index in [1.807, 2.05) is 25.6 Å². The Labute approximate surface area is 72.1 Å². The maximum Gasteiger partial charge on any atom is 0.153 e. The maximum atomic E-state index is 11.4. The average Bonchev–Trinajstić information content (AvgIpc) is 2.05. The second-order valence-corrected chi connectivity index (χ2v) is 4.29. The Morgan fingerprint density at radius 3 is 2.82 bits per heavy atom. The van der Waals surface area contributed by atoms with Crippen molar-refractivity contribution in [1.29, 1.82) is 0 Å². The number of ketones is 1. The predicted octanol–water partition coefficient (Wildman–Crippen LogP) is 0.916. The van der Waals surface area contributed by atoms with Crippen LogP contribution in [0.3, 0.4) is 0 Å². The molecule has 1 rings (SSSR count). The van der Waals surface area contributed by atoms with Crippen molar-refractivity contribution in [3.05, 3.63) is 0 Å². The second kappa shape index (κ2) is 4.12. The van der Waals surface area contributed by atoms with E-state index >= 15 is 0 Å². The van der Waals surface area contributed by atoms with Gasteiger partial charge in [0.05, 0.1) is 6.04 Å². The zero-order valence-electron chi connectivity index (χ0n) is 7.09. The highest BCUT2D eigenvalue weighted by atomic mass is 32.2. The van der Waals surface area contributed by atoms with Crippen LogP contribution in [0.5, 0.6) is 0 Å². The van der Waals surface area contributed by atoms with Crippen LogP contribution in [0.1, 0.15) is 13.8 Å². The van der Waals surface area contributed by atoms with E-state index in [0.29, 0.717) is 5.78 Å². The molecule has 0 aromatic heterocycles. The molecule has 1 heterocycles. The minimum atomic E-state index is 0.119. The Balaban J connectivity index is 2.39. The van der Waals surface area contributed by atoms with E-state index in [-0.39, 0.29) is 12.0 Å². The van der Waals surface area contributed by atoms with E-state index in [4.69, 9.17) is 0 Å². The summed E-state index contributed by atoms with van der Waals surface area (Å²) >= 11 is 1.87. The largest absolute Gasteiger partial charge is 0.306 e. The van der Waals surface area contributed by atoms with E-state index in [9.17, 15) is 4.79 Å². The van der Waals surface area contributed by atoms with Gasteiger partial charge in [-0.15, -0.1) is 0 Å². The lowest BCUT2D eigenvalue weighted by atomic mass is 10.0. The molecule has 1 aliphatic rings. The number of hydrogen-bond donors (Lipinski definition) is 1. The molecule has 1 fully saturated rings. The van der Waals surface area contributed by atoms with E-state index in [2.05, 4.69) is 5.32 Å².